The van der Waals surface area contributed by atoms with E-state index in [0.717, 1.165) is 6.42 Å². The van der Waals surface area contributed by atoms with E-state index in [9.17, 15) is 22.8 Å². The molecule has 3 rings (SSSR count). The molecule has 0 unspecified atom stereocenters. The van der Waals surface area contributed by atoms with E-state index in [2.05, 4.69) is 14.7 Å². The Morgan fingerprint density at radius 3 is 2.58 bits per heavy atom. The fourth-order valence-electron chi connectivity index (χ4n) is 3.17. The van der Waals surface area contributed by atoms with Crippen molar-refractivity contribution in [2.24, 2.45) is 7.05 Å². The summed E-state index contributed by atoms with van der Waals surface area (Å²) < 4.78 is 35.2. The Bertz CT molecular complexity index is 1390. The molecule has 1 aromatic carbocycles. The maximum atomic E-state index is 12.4. The van der Waals surface area contributed by atoms with E-state index in [-0.39, 0.29) is 28.5 Å². The first-order valence-electron chi connectivity index (χ1n) is 10.2. The third-order valence-electron chi connectivity index (χ3n) is 4.99. The number of carbonyl (C=O) groups is 1. The molecule has 0 saturated heterocycles. The maximum Gasteiger partial charge on any atom is 0.330 e. The van der Waals surface area contributed by atoms with Crippen LogP contribution in [0.3, 0.4) is 0 Å². The van der Waals surface area contributed by atoms with Gasteiger partial charge < -0.3 is 9.30 Å². The van der Waals surface area contributed by atoms with Gasteiger partial charge in [0.1, 0.15) is 18.5 Å². The standard InChI is InChI=1S/C20H24ClN5O6S/c1-4-5-10-26-17-16(18(27)23-20(26)29)25(3)15(22-17)11-32-19(28)12(2)24-33(30,31)14-8-6-13(21)7-9-14/h6-9,12,24H,4-5,10-11H2,1-3H3,(H,23,27,29)/t12-/m0/s1. The molecule has 0 fully saturated rings. The number of aryl methyl sites for hydroxylation is 2. The van der Waals surface area contributed by atoms with Crippen LogP contribution in [0.5, 0.6) is 0 Å². The number of H-pyrrole nitrogens is 1. The average molecular weight is 498 g/mol. The number of esters is 1. The van der Waals surface area contributed by atoms with Crippen LogP contribution < -0.4 is 16.0 Å². The maximum absolute atomic E-state index is 12.4. The molecular weight excluding hydrogens is 474 g/mol. The Kier molecular flexibility index (Phi) is 7.40. The Hall–Kier alpha value is -2.96. The van der Waals surface area contributed by atoms with Crippen molar-refractivity contribution >= 4 is 38.8 Å². The van der Waals surface area contributed by atoms with Crippen molar-refractivity contribution in [1.29, 1.82) is 0 Å². The van der Waals surface area contributed by atoms with Crippen LogP contribution in [-0.2, 0) is 39.8 Å². The molecule has 0 saturated carbocycles. The molecule has 0 aliphatic rings. The van der Waals surface area contributed by atoms with Gasteiger partial charge in [-0.15, -0.1) is 0 Å². The number of sulfonamides is 1. The van der Waals surface area contributed by atoms with Crippen LogP contribution in [0.4, 0.5) is 0 Å². The molecule has 0 amide bonds. The van der Waals surface area contributed by atoms with Crippen LogP contribution in [0, 0.1) is 0 Å². The molecular formula is C20H24ClN5O6S. The number of aromatic nitrogens is 4. The molecule has 13 heteroatoms. The highest BCUT2D eigenvalue weighted by Crippen LogP contribution is 2.15. The number of hydrogen-bond donors (Lipinski definition) is 2. The lowest BCUT2D eigenvalue weighted by Gasteiger charge is -2.13. The van der Waals surface area contributed by atoms with Gasteiger partial charge in [0.25, 0.3) is 5.56 Å². The largest absolute Gasteiger partial charge is 0.456 e. The van der Waals surface area contributed by atoms with Crippen molar-refractivity contribution in [3.8, 4) is 0 Å². The van der Waals surface area contributed by atoms with Gasteiger partial charge in [-0.3, -0.25) is 19.1 Å². The zero-order valence-corrected chi connectivity index (χ0v) is 19.9. The Morgan fingerprint density at radius 2 is 1.94 bits per heavy atom. The fourth-order valence-corrected chi connectivity index (χ4v) is 4.49. The van der Waals surface area contributed by atoms with Crippen molar-refractivity contribution in [3.05, 3.63) is 56.0 Å². The van der Waals surface area contributed by atoms with Crippen LogP contribution in [0.25, 0.3) is 11.2 Å². The summed E-state index contributed by atoms with van der Waals surface area (Å²) in [4.78, 5) is 43.5. The van der Waals surface area contributed by atoms with Crippen LogP contribution in [0.15, 0.2) is 38.8 Å². The zero-order valence-electron chi connectivity index (χ0n) is 18.3. The number of nitrogens with one attached hydrogen (secondary N) is 2. The summed E-state index contributed by atoms with van der Waals surface area (Å²) in [6.07, 6.45) is 1.56. The molecule has 2 heterocycles. The van der Waals surface area contributed by atoms with Crippen molar-refractivity contribution in [1.82, 2.24) is 23.8 Å². The Morgan fingerprint density at radius 1 is 1.27 bits per heavy atom. The monoisotopic (exact) mass is 497 g/mol. The number of halogens is 1. The molecule has 0 aliphatic carbocycles. The smallest absolute Gasteiger partial charge is 0.330 e. The number of benzene rings is 1. The molecule has 2 N–H and O–H groups in total. The molecule has 0 aliphatic heterocycles. The summed E-state index contributed by atoms with van der Waals surface area (Å²) in [6, 6.07) is 4.29. The minimum atomic E-state index is -3.97. The molecule has 0 bridgehead atoms. The summed E-state index contributed by atoms with van der Waals surface area (Å²) in [5, 5.41) is 0.378. The topological polar surface area (TPSA) is 145 Å². The summed E-state index contributed by atoms with van der Waals surface area (Å²) in [5.41, 5.74) is -0.789. The molecule has 1 atom stereocenters. The normalized spacial score (nSPS) is 12.7. The molecule has 11 nitrogen and oxygen atoms in total. The summed E-state index contributed by atoms with van der Waals surface area (Å²) in [5.74, 6) is -0.607. The van der Waals surface area contributed by atoms with Crippen LogP contribution in [-0.4, -0.2) is 39.5 Å². The van der Waals surface area contributed by atoms with Crippen molar-refractivity contribution < 1.29 is 17.9 Å². The van der Waals surface area contributed by atoms with Crippen molar-refractivity contribution in [2.75, 3.05) is 0 Å². The van der Waals surface area contributed by atoms with Gasteiger partial charge in [0.05, 0.1) is 4.90 Å². The number of hydrogen-bond acceptors (Lipinski definition) is 7. The lowest BCUT2D eigenvalue weighted by Crippen LogP contribution is -2.39. The van der Waals surface area contributed by atoms with E-state index < -0.39 is 33.3 Å². The molecule has 33 heavy (non-hydrogen) atoms. The van der Waals surface area contributed by atoms with Gasteiger partial charge in [0.2, 0.25) is 10.0 Å². The summed E-state index contributed by atoms with van der Waals surface area (Å²) >= 11 is 5.77. The minimum Gasteiger partial charge on any atom is -0.456 e. The quantitative estimate of drug-likeness (QED) is 0.423. The van der Waals surface area contributed by atoms with Gasteiger partial charge in [-0.1, -0.05) is 24.9 Å². The lowest BCUT2D eigenvalue weighted by atomic mass is 10.3. The van der Waals surface area contributed by atoms with Crippen molar-refractivity contribution in [2.45, 2.75) is 50.8 Å². The van der Waals surface area contributed by atoms with E-state index in [1.807, 2.05) is 6.92 Å². The molecule has 0 radical (unpaired) electrons. The van der Waals surface area contributed by atoms with E-state index in [1.54, 1.807) is 7.05 Å². The first-order valence-corrected chi connectivity index (χ1v) is 12.0. The van der Waals surface area contributed by atoms with Gasteiger partial charge in [0.15, 0.2) is 11.2 Å². The Labute approximate surface area is 194 Å². The van der Waals surface area contributed by atoms with Crippen LogP contribution in [0.1, 0.15) is 32.5 Å². The van der Waals surface area contributed by atoms with Gasteiger partial charge in [0, 0.05) is 18.6 Å². The summed E-state index contributed by atoms with van der Waals surface area (Å²) in [7, 11) is -2.41. The highest BCUT2D eigenvalue weighted by molar-refractivity contribution is 7.89. The summed E-state index contributed by atoms with van der Waals surface area (Å²) in [6.45, 7) is 3.37. The van der Waals surface area contributed by atoms with Gasteiger partial charge in [-0.05, 0) is 37.6 Å². The fraction of sp³-hybridized carbons (Fsp3) is 0.400. The number of aromatic amines is 1. The number of fused-ring (bicyclic) bond motifs is 1. The van der Waals surface area contributed by atoms with E-state index >= 15 is 0 Å². The second-order valence-corrected chi connectivity index (χ2v) is 9.58. The van der Waals surface area contributed by atoms with Crippen LogP contribution in [0.2, 0.25) is 5.02 Å². The third-order valence-corrected chi connectivity index (χ3v) is 6.80. The van der Waals surface area contributed by atoms with E-state index in [1.165, 1.54) is 40.3 Å². The van der Waals surface area contributed by atoms with Gasteiger partial charge in [-0.25, -0.2) is 18.2 Å². The SMILES string of the molecule is CCCCn1c(=O)[nH]c(=O)c2c1nc(COC(=O)[C@H](C)NS(=O)(=O)c1ccc(Cl)cc1)n2C. The predicted molar refractivity (Wildman–Crippen MR) is 122 cm³/mol. The van der Waals surface area contributed by atoms with Gasteiger partial charge in [-0.2, -0.15) is 4.72 Å². The molecule has 3 aromatic rings. The van der Waals surface area contributed by atoms with Crippen LogP contribution >= 0.6 is 11.6 Å². The second kappa shape index (κ2) is 9.89. The number of carbonyl (C=O) groups excluding carboxylic acids is 1. The predicted octanol–water partition coefficient (Wildman–Crippen LogP) is 1.29. The average Bonchev–Trinajstić information content (AvgIpc) is 3.08. The highest BCUT2D eigenvalue weighted by atomic mass is 35.5. The highest BCUT2D eigenvalue weighted by Gasteiger charge is 2.24. The number of nitrogens with zero attached hydrogens (tertiary/aromatic N) is 3. The number of ether oxygens (including phenoxy) is 1. The molecule has 178 valence electrons. The number of unbranched alkanes of at least 4 members (excludes halogenated alkanes) is 1. The zero-order chi connectivity index (χ0) is 24.3. The molecule has 2 aromatic heterocycles. The second-order valence-electron chi connectivity index (χ2n) is 7.43. The van der Waals surface area contributed by atoms with Gasteiger partial charge >= 0.3 is 11.7 Å². The van der Waals surface area contributed by atoms with E-state index in [0.29, 0.717) is 18.0 Å². The third kappa shape index (κ3) is 5.34. The number of imidazole rings is 1. The first kappa shape index (κ1) is 24.7. The molecule has 0 spiro atoms. The number of rotatable bonds is 9. The Balaban J connectivity index is 1.77. The van der Waals surface area contributed by atoms with E-state index in [4.69, 9.17) is 16.3 Å². The minimum absolute atomic E-state index is 0.0498. The first-order chi connectivity index (χ1) is 15.5. The lowest BCUT2D eigenvalue weighted by molar-refractivity contribution is -0.146. The van der Waals surface area contributed by atoms with Crippen molar-refractivity contribution in [3.63, 3.8) is 0 Å².